The molecule has 0 bridgehead atoms. The van der Waals surface area contributed by atoms with Crippen LogP contribution in [0.15, 0.2) is 12.1 Å². The highest BCUT2D eigenvalue weighted by molar-refractivity contribution is 6.05. The van der Waals surface area contributed by atoms with Gasteiger partial charge in [-0.2, -0.15) is 0 Å². The van der Waals surface area contributed by atoms with Crippen molar-refractivity contribution in [3.63, 3.8) is 0 Å². The van der Waals surface area contributed by atoms with Crippen molar-refractivity contribution in [1.82, 2.24) is 15.1 Å². The number of carbonyl (C=O) groups is 3. The zero-order valence-corrected chi connectivity index (χ0v) is 18.0. The van der Waals surface area contributed by atoms with Gasteiger partial charge in [0.05, 0.1) is 5.69 Å². The van der Waals surface area contributed by atoms with E-state index >= 15 is 0 Å². The summed E-state index contributed by atoms with van der Waals surface area (Å²) in [7, 11) is 0. The second-order valence-electron chi connectivity index (χ2n) is 9.45. The highest BCUT2D eigenvalue weighted by Crippen LogP contribution is 2.33. The Hall–Kier alpha value is -2.52. The Morgan fingerprint density at radius 1 is 1.16 bits per heavy atom. The average molecular weight is 432 g/mol. The zero-order chi connectivity index (χ0) is 22.3. The van der Waals surface area contributed by atoms with E-state index in [9.17, 15) is 23.9 Å². The number of aliphatic hydroxyl groups is 1. The maximum absolute atomic E-state index is 14.9. The molecule has 3 aliphatic rings. The minimum Gasteiger partial charge on any atom is -0.396 e. The number of hydrogen-bond donors (Lipinski definition) is 2. The first kappa shape index (κ1) is 21.7. The second-order valence-corrected chi connectivity index (χ2v) is 9.45. The number of rotatable bonds is 5. The zero-order valence-electron chi connectivity index (χ0n) is 18.0. The fourth-order valence-electron chi connectivity index (χ4n) is 4.62. The third-order valence-electron chi connectivity index (χ3n) is 6.38. The summed E-state index contributed by atoms with van der Waals surface area (Å²) in [6, 6.07) is 2.30. The second kappa shape index (κ2) is 8.20. The molecule has 0 radical (unpaired) electrons. The molecular weight excluding hydrogens is 403 g/mol. The Balaban J connectivity index is 1.46. The van der Waals surface area contributed by atoms with Crippen molar-refractivity contribution in [2.24, 2.45) is 5.41 Å². The minimum atomic E-state index is -0.706. The van der Waals surface area contributed by atoms with Crippen molar-refractivity contribution >= 4 is 23.4 Å². The standard InChI is InChI=1S/C22H29FN4O4/c1-22(2,13-28)12-25-5-7-26(8-6-25)18-9-14-11-27(21(31)15(14)10-16(18)23)17-3-4-19(29)24-20(17)30/h9-10,17,28H,3-8,11-13H2,1-2H3,(H,24,29,30). The number of fused-ring (bicyclic) bond motifs is 1. The predicted octanol–water partition coefficient (Wildman–Crippen LogP) is 0.727. The summed E-state index contributed by atoms with van der Waals surface area (Å²) in [4.78, 5) is 42.1. The van der Waals surface area contributed by atoms with E-state index in [1.807, 2.05) is 18.7 Å². The van der Waals surface area contributed by atoms with E-state index in [0.717, 1.165) is 19.6 Å². The van der Waals surface area contributed by atoms with Crippen LogP contribution in [0, 0.1) is 11.2 Å². The summed E-state index contributed by atoms with van der Waals surface area (Å²) >= 11 is 0. The number of nitrogens with zero attached hydrogens (tertiary/aromatic N) is 3. The smallest absolute Gasteiger partial charge is 0.255 e. The SMILES string of the molecule is CC(C)(CO)CN1CCN(c2cc3c(cc2F)C(=O)N(C2CCC(=O)NC2=O)C3)CC1. The van der Waals surface area contributed by atoms with E-state index in [0.29, 0.717) is 24.3 Å². The first-order chi connectivity index (χ1) is 14.7. The molecule has 1 aromatic carbocycles. The number of aliphatic hydroxyl groups excluding tert-OH is 1. The highest BCUT2D eigenvalue weighted by atomic mass is 19.1. The van der Waals surface area contributed by atoms with E-state index in [-0.39, 0.29) is 48.8 Å². The molecule has 3 amide bonds. The number of amides is 3. The van der Waals surface area contributed by atoms with Crippen molar-refractivity contribution in [3.8, 4) is 0 Å². The predicted molar refractivity (Wildman–Crippen MR) is 112 cm³/mol. The molecule has 3 heterocycles. The molecule has 9 heteroatoms. The molecule has 2 saturated heterocycles. The fourth-order valence-corrected chi connectivity index (χ4v) is 4.62. The molecule has 8 nitrogen and oxygen atoms in total. The van der Waals surface area contributed by atoms with Crippen molar-refractivity contribution in [2.45, 2.75) is 39.3 Å². The lowest BCUT2D eigenvalue weighted by atomic mass is 9.94. The molecule has 168 valence electrons. The van der Waals surface area contributed by atoms with Crippen LogP contribution in [0.25, 0.3) is 0 Å². The van der Waals surface area contributed by atoms with Crippen molar-refractivity contribution in [2.75, 3.05) is 44.2 Å². The number of carbonyl (C=O) groups excluding carboxylic acids is 3. The van der Waals surface area contributed by atoms with Gasteiger partial charge in [0.25, 0.3) is 5.91 Å². The number of piperidine rings is 1. The van der Waals surface area contributed by atoms with Crippen molar-refractivity contribution in [1.29, 1.82) is 0 Å². The summed E-state index contributed by atoms with van der Waals surface area (Å²) in [5.74, 6) is -1.62. The topological polar surface area (TPSA) is 93.2 Å². The van der Waals surface area contributed by atoms with Crippen LogP contribution in [-0.4, -0.2) is 78.0 Å². The van der Waals surface area contributed by atoms with Crippen molar-refractivity contribution < 1.29 is 23.9 Å². The molecular formula is C22H29FN4O4. The van der Waals surface area contributed by atoms with Crippen LogP contribution in [0.3, 0.4) is 0 Å². The first-order valence-corrected chi connectivity index (χ1v) is 10.7. The van der Waals surface area contributed by atoms with Gasteiger partial charge in [-0.05, 0) is 24.1 Å². The monoisotopic (exact) mass is 432 g/mol. The lowest BCUT2D eigenvalue weighted by Crippen LogP contribution is -2.52. The third kappa shape index (κ3) is 4.29. The van der Waals surface area contributed by atoms with E-state index < -0.39 is 17.8 Å². The van der Waals surface area contributed by atoms with Gasteiger partial charge in [0.15, 0.2) is 0 Å². The number of imide groups is 1. The van der Waals surface area contributed by atoms with Crippen LogP contribution in [0.1, 0.15) is 42.6 Å². The average Bonchev–Trinajstić information content (AvgIpc) is 3.03. The fraction of sp³-hybridized carbons (Fsp3) is 0.591. The summed E-state index contributed by atoms with van der Waals surface area (Å²) in [6.07, 6.45) is 0.472. The van der Waals surface area contributed by atoms with Gasteiger partial charge in [-0.15, -0.1) is 0 Å². The van der Waals surface area contributed by atoms with E-state index in [1.54, 1.807) is 6.07 Å². The number of halogens is 1. The number of nitrogens with one attached hydrogen (secondary N) is 1. The van der Waals surface area contributed by atoms with Gasteiger partial charge in [-0.1, -0.05) is 13.8 Å². The van der Waals surface area contributed by atoms with Gasteiger partial charge in [-0.25, -0.2) is 4.39 Å². The Morgan fingerprint density at radius 3 is 2.52 bits per heavy atom. The van der Waals surface area contributed by atoms with Crippen LogP contribution in [0.4, 0.5) is 10.1 Å². The van der Waals surface area contributed by atoms with Gasteiger partial charge >= 0.3 is 0 Å². The molecule has 0 aromatic heterocycles. The molecule has 4 rings (SSSR count). The third-order valence-corrected chi connectivity index (χ3v) is 6.38. The summed E-state index contributed by atoms with van der Waals surface area (Å²) in [5, 5.41) is 11.8. The Morgan fingerprint density at radius 2 is 1.87 bits per heavy atom. The Kier molecular flexibility index (Phi) is 5.74. The molecule has 2 fully saturated rings. The lowest BCUT2D eigenvalue weighted by molar-refractivity contribution is -0.136. The molecule has 1 unspecified atom stereocenters. The lowest BCUT2D eigenvalue weighted by Gasteiger charge is -2.39. The summed E-state index contributed by atoms with van der Waals surface area (Å²) < 4.78 is 14.9. The summed E-state index contributed by atoms with van der Waals surface area (Å²) in [6.45, 7) is 8.00. The van der Waals surface area contributed by atoms with Gasteiger partial charge in [0, 0.05) is 63.3 Å². The van der Waals surface area contributed by atoms with Gasteiger partial charge in [-0.3, -0.25) is 24.6 Å². The molecule has 1 atom stereocenters. The summed E-state index contributed by atoms with van der Waals surface area (Å²) in [5.41, 5.74) is 1.28. The minimum absolute atomic E-state index is 0.115. The van der Waals surface area contributed by atoms with Gasteiger partial charge in [0.2, 0.25) is 11.8 Å². The Bertz CT molecular complexity index is 911. The first-order valence-electron chi connectivity index (χ1n) is 10.7. The van der Waals surface area contributed by atoms with E-state index in [4.69, 9.17) is 0 Å². The molecule has 0 spiro atoms. The molecule has 0 aliphatic carbocycles. The van der Waals surface area contributed by atoms with Crippen LogP contribution in [0.5, 0.6) is 0 Å². The van der Waals surface area contributed by atoms with E-state index in [1.165, 1.54) is 11.0 Å². The molecule has 0 saturated carbocycles. The molecule has 2 N–H and O–H groups in total. The van der Waals surface area contributed by atoms with Gasteiger partial charge in [0.1, 0.15) is 11.9 Å². The van der Waals surface area contributed by atoms with Gasteiger partial charge < -0.3 is 14.9 Å². The number of piperazine rings is 1. The number of anilines is 1. The quantitative estimate of drug-likeness (QED) is 0.667. The normalized spacial score (nSPS) is 22.7. The Labute approximate surface area is 181 Å². The molecule has 1 aromatic rings. The van der Waals surface area contributed by atoms with Crippen LogP contribution in [0.2, 0.25) is 0 Å². The molecule has 31 heavy (non-hydrogen) atoms. The highest BCUT2D eigenvalue weighted by Gasteiger charge is 2.40. The largest absolute Gasteiger partial charge is 0.396 e. The van der Waals surface area contributed by atoms with Crippen LogP contribution >= 0.6 is 0 Å². The number of benzene rings is 1. The number of hydrogen-bond acceptors (Lipinski definition) is 6. The maximum atomic E-state index is 14.9. The molecule has 3 aliphatic heterocycles. The van der Waals surface area contributed by atoms with Crippen LogP contribution < -0.4 is 10.2 Å². The van der Waals surface area contributed by atoms with E-state index in [2.05, 4.69) is 10.2 Å². The van der Waals surface area contributed by atoms with Crippen LogP contribution in [-0.2, 0) is 16.1 Å². The maximum Gasteiger partial charge on any atom is 0.255 e. The van der Waals surface area contributed by atoms with Crippen molar-refractivity contribution in [3.05, 3.63) is 29.1 Å².